The third kappa shape index (κ3) is 5.57. The fraction of sp³-hybridized carbons (Fsp3) is 0.667. The van der Waals surface area contributed by atoms with Crippen LogP contribution in [0.1, 0.15) is 12.8 Å². The number of ether oxygens (including phenoxy) is 1. The number of carboxylic acid groups (broad SMARTS) is 2. The van der Waals surface area contributed by atoms with E-state index in [-0.39, 0.29) is 0 Å². The number of hydrogen-bond acceptors (Lipinski definition) is 7. The second-order valence-electron chi connectivity index (χ2n) is 3.61. The summed E-state index contributed by atoms with van der Waals surface area (Å²) in [6.07, 6.45) is -3.69. The molecule has 0 spiro atoms. The smallest absolute Gasteiger partial charge is 0.339 e. The Morgan fingerprint density at radius 1 is 1.11 bits per heavy atom. The molecule has 0 saturated carbocycles. The van der Waals surface area contributed by atoms with Gasteiger partial charge in [-0.25, -0.2) is 4.79 Å². The van der Waals surface area contributed by atoms with Gasteiger partial charge in [-0.3, -0.25) is 9.59 Å². The maximum absolute atomic E-state index is 11.4. The average molecular weight is 266 g/mol. The first kappa shape index (κ1) is 16.3. The molecule has 104 valence electrons. The predicted octanol–water partition coefficient (Wildman–Crippen LogP) is -2.44. The van der Waals surface area contributed by atoms with E-state index in [9.17, 15) is 19.5 Å². The van der Waals surface area contributed by atoms with Gasteiger partial charge in [0.25, 0.3) is 0 Å². The summed E-state index contributed by atoms with van der Waals surface area (Å²) in [4.78, 5) is 32.3. The van der Waals surface area contributed by atoms with E-state index in [1.165, 1.54) is 0 Å². The Hall–Kier alpha value is -1.71. The lowest BCUT2D eigenvalue weighted by Gasteiger charge is -2.22. The fourth-order valence-electron chi connectivity index (χ4n) is 1.07. The normalized spacial score (nSPS) is 12.8. The molecule has 0 aliphatic rings. The fourth-order valence-corrected chi connectivity index (χ4v) is 1.07. The third-order valence-corrected chi connectivity index (χ3v) is 1.88. The van der Waals surface area contributed by atoms with Crippen LogP contribution in [0.5, 0.6) is 0 Å². The van der Waals surface area contributed by atoms with Crippen molar-refractivity contribution in [2.75, 3.05) is 13.2 Å². The van der Waals surface area contributed by atoms with Gasteiger partial charge in [0.15, 0.2) is 5.60 Å². The number of aliphatic hydroxyl groups excluding tert-OH is 2. The lowest BCUT2D eigenvalue weighted by molar-refractivity contribution is -0.178. The van der Waals surface area contributed by atoms with Gasteiger partial charge in [-0.2, -0.15) is 0 Å². The number of hydrogen-bond donors (Lipinski definition) is 5. The summed E-state index contributed by atoms with van der Waals surface area (Å²) in [6.45, 7) is -1.39. The Bertz CT molecular complexity index is 308. The van der Waals surface area contributed by atoms with E-state index in [4.69, 9.17) is 20.4 Å². The number of aliphatic carboxylic acids is 2. The van der Waals surface area contributed by atoms with Gasteiger partial charge < -0.3 is 30.3 Å². The van der Waals surface area contributed by atoms with Crippen LogP contribution in [0.15, 0.2) is 0 Å². The quantitative estimate of drug-likeness (QED) is 0.300. The maximum Gasteiger partial charge on any atom is 0.339 e. The van der Waals surface area contributed by atoms with Crippen molar-refractivity contribution in [2.45, 2.75) is 24.5 Å². The average Bonchev–Trinajstić information content (AvgIpc) is 2.22. The summed E-state index contributed by atoms with van der Waals surface area (Å²) >= 11 is 0. The van der Waals surface area contributed by atoms with Gasteiger partial charge >= 0.3 is 17.9 Å². The molecule has 9 nitrogen and oxygen atoms in total. The molecule has 0 rings (SSSR count). The van der Waals surface area contributed by atoms with E-state index in [1.54, 1.807) is 0 Å². The van der Waals surface area contributed by atoms with Crippen LogP contribution in [0.4, 0.5) is 0 Å². The summed E-state index contributed by atoms with van der Waals surface area (Å²) in [6, 6.07) is 0. The Kier molecular flexibility index (Phi) is 6.23. The molecule has 0 saturated heterocycles. The van der Waals surface area contributed by atoms with Crippen LogP contribution in [0.3, 0.4) is 0 Å². The molecule has 9 heteroatoms. The molecule has 0 heterocycles. The predicted molar refractivity (Wildman–Crippen MR) is 53.5 cm³/mol. The highest BCUT2D eigenvalue weighted by Crippen LogP contribution is 2.18. The SMILES string of the molecule is O=C(O)CC(O)(CC(=O)O)C(=O)OCC(O)CO. The second-order valence-corrected chi connectivity index (χ2v) is 3.61. The first-order valence-electron chi connectivity index (χ1n) is 4.83. The zero-order chi connectivity index (χ0) is 14.3. The number of carbonyl (C=O) groups is 3. The van der Waals surface area contributed by atoms with Crippen molar-refractivity contribution < 1.29 is 44.7 Å². The molecule has 0 aromatic heterocycles. The van der Waals surface area contributed by atoms with Crippen LogP contribution in [-0.4, -0.2) is 68.4 Å². The van der Waals surface area contributed by atoms with Crippen LogP contribution in [0.2, 0.25) is 0 Å². The van der Waals surface area contributed by atoms with Crippen molar-refractivity contribution in [3.05, 3.63) is 0 Å². The van der Waals surface area contributed by atoms with Gasteiger partial charge in [0.1, 0.15) is 12.7 Å². The van der Waals surface area contributed by atoms with Gasteiger partial charge in [0.2, 0.25) is 0 Å². The Morgan fingerprint density at radius 2 is 1.56 bits per heavy atom. The minimum atomic E-state index is -2.72. The number of esters is 1. The van der Waals surface area contributed by atoms with E-state index in [2.05, 4.69) is 4.74 Å². The van der Waals surface area contributed by atoms with Crippen LogP contribution in [0, 0.1) is 0 Å². The molecule has 18 heavy (non-hydrogen) atoms. The topological polar surface area (TPSA) is 162 Å². The van der Waals surface area contributed by atoms with E-state index in [1.807, 2.05) is 0 Å². The van der Waals surface area contributed by atoms with Crippen molar-refractivity contribution in [1.29, 1.82) is 0 Å². The molecule has 0 aliphatic carbocycles. The van der Waals surface area contributed by atoms with E-state index in [0.29, 0.717) is 0 Å². The molecule has 0 radical (unpaired) electrons. The second kappa shape index (κ2) is 6.89. The van der Waals surface area contributed by atoms with Crippen molar-refractivity contribution in [2.24, 2.45) is 0 Å². The summed E-state index contributed by atoms with van der Waals surface area (Å²) < 4.78 is 4.34. The first-order valence-corrected chi connectivity index (χ1v) is 4.83. The molecule has 1 atom stereocenters. The lowest BCUT2D eigenvalue weighted by Crippen LogP contribution is -2.45. The number of rotatable bonds is 8. The van der Waals surface area contributed by atoms with E-state index < -0.39 is 55.7 Å². The van der Waals surface area contributed by atoms with E-state index in [0.717, 1.165) is 0 Å². The molecule has 1 unspecified atom stereocenters. The molecule has 0 bridgehead atoms. The molecule has 5 N–H and O–H groups in total. The van der Waals surface area contributed by atoms with Gasteiger partial charge in [-0.15, -0.1) is 0 Å². The monoisotopic (exact) mass is 266 g/mol. The molecule has 0 fully saturated rings. The van der Waals surface area contributed by atoms with Gasteiger partial charge in [-0.05, 0) is 0 Å². The van der Waals surface area contributed by atoms with Crippen LogP contribution in [-0.2, 0) is 19.1 Å². The summed E-state index contributed by atoms with van der Waals surface area (Å²) in [5.74, 6) is -4.66. The van der Waals surface area contributed by atoms with Crippen LogP contribution < -0.4 is 0 Å². The van der Waals surface area contributed by atoms with Gasteiger partial charge in [-0.1, -0.05) is 0 Å². The zero-order valence-electron chi connectivity index (χ0n) is 9.27. The number of carboxylic acids is 2. The van der Waals surface area contributed by atoms with Crippen molar-refractivity contribution in [3.63, 3.8) is 0 Å². The number of aliphatic hydroxyl groups is 3. The number of carbonyl (C=O) groups excluding carboxylic acids is 1. The molecule has 0 aromatic carbocycles. The third-order valence-electron chi connectivity index (χ3n) is 1.88. The largest absolute Gasteiger partial charge is 0.481 e. The van der Waals surface area contributed by atoms with Gasteiger partial charge in [0, 0.05) is 0 Å². The first-order chi connectivity index (χ1) is 8.21. The van der Waals surface area contributed by atoms with Crippen LogP contribution in [0.25, 0.3) is 0 Å². The highest BCUT2D eigenvalue weighted by molar-refractivity contribution is 5.89. The van der Waals surface area contributed by atoms with Gasteiger partial charge in [0.05, 0.1) is 19.4 Å². The molecule has 0 aliphatic heterocycles. The lowest BCUT2D eigenvalue weighted by atomic mass is 9.96. The Labute approximate surface area is 101 Å². The summed E-state index contributed by atoms with van der Waals surface area (Å²) in [5, 5.41) is 43.9. The zero-order valence-corrected chi connectivity index (χ0v) is 9.27. The van der Waals surface area contributed by atoms with Crippen molar-refractivity contribution in [1.82, 2.24) is 0 Å². The molecular weight excluding hydrogens is 252 g/mol. The highest BCUT2D eigenvalue weighted by atomic mass is 16.6. The maximum atomic E-state index is 11.4. The Morgan fingerprint density at radius 3 is 1.89 bits per heavy atom. The molecule has 0 aromatic rings. The molecular formula is C9H14O9. The van der Waals surface area contributed by atoms with E-state index >= 15 is 0 Å². The standard InChI is InChI=1S/C9H14O9/c10-3-5(11)4-18-8(16)9(17,1-6(12)13)2-7(14)15/h5,10-11,17H,1-4H2,(H,12,13)(H,14,15). The molecule has 0 amide bonds. The minimum Gasteiger partial charge on any atom is -0.481 e. The Balaban J connectivity index is 4.68. The highest BCUT2D eigenvalue weighted by Gasteiger charge is 2.42. The summed E-state index contributed by atoms with van der Waals surface area (Å²) in [7, 11) is 0. The van der Waals surface area contributed by atoms with Crippen LogP contribution >= 0.6 is 0 Å². The summed E-state index contributed by atoms with van der Waals surface area (Å²) in [5.41, 5.74) is -2.72. The van der Waals surface area contributed by atoms with Crippen molar-refractivity contribution in [3.8, 4) is 0 Å². The minimum absolute atomic E-state index is 0.684. The van der Waals surface area contributed by atoms with Crippen molar-refractivity contribution >= 4 is 17.9 Å².